The Morgan fingerprint density at radius 3 is 2.75 bits per heavy atom. The second-order valence-electron chi connectivity index (χ2n) is 5.72. The van der Waals surface area contributed by atoms with Gasteiger partial charge in [0.1, 0.15) is 13.2 Å². The third-order valence-corrected chi connectivity index (χ3v) is 3.63. The highest BCUT2D eigenvalue weighted by atomic mass is 32.1. The Morgan fingerprint density at radius 2 is 2.04 bits per heavy atom. The van der Waals surface area contributed by atoms with Gasteiger partial charge in [-0.15, -0.1) is 0 Å². The number of carbonyl (C=O) groups is 1. The standard InChI is InChI=1S/C16H23N3O4S/c1-10(2)4-5-17-16(24)19-18-15(20)11-8-12(21-3)14-13(9-11)22-6-7-23-14/h8-10H,4-7H2,1-3H3,(H,18,20)(H2,17,19,24). The molecule has 3 N–H and O–H groups in total. The Morgan fingerprint density at radius 1 is 1.29 bits per heavy atom. The average molecular weight is 353 g/mol. The van der Waals surface area contributed by atoms with Gasteiger partial charge in [0.05, 0.1) is 7.11 Å². The maximum Gasteiger partial charge on any atom is 0.269 e. The van der Waals surface area contributed by atoms with Gasteiger partial charge in [-0.25, -0.2) is 0 Å². The number of hydrogen-bond acceptors (Lipinski definition) is 5. The van der Waals surface area contributed by atoms with E-state index in [0.29, 0.717) is 47.1 Å². The van der Waals surface area contributed by atoms with Crippen LogP contribution in [0.15, 0.2) is 12.1 Å². The highest BCUT2D eigenvalue weighted by Gasteiger charge is 2.20. The molecule has 1 aliphatic heterocycles. The fourth-order valence-corrected chi connectivity index (χ4v) is 2.26. The number of carbonyl (C=O) groups excluding carboxylic acids is 1. The van der Waals surface area contributed by atoms with Gasteiger partial charge in [0.25, 0.3) is 5.91 Å². The zero-order valence-corrected chi connectivity index (χ0v) is 14.9. The molecule has 24 heavy (non-hydrogen) atoms. The molecule has 0 radical (unpaired) electrons. The first-order valence-corrected chi connectivity index (χ1v) is 8.24. The zero-order valence-electron chi connectivity index (χ0n) is 14.1. The smallest absolute Gasteiger partial charge is 0.269 e. The molecule has 7 nitrogen and oxygen atoms in total. The summed E-state index contributed by atoms with van der Waals surface area (Å²) >= 11 is 5.11. The number of benzene rings is 1. The van der Waals surface area contributed by atoms with Crippen LogP contribution >= 0.6 is 12.2 Å². The Hall–Kier alpha value is -2.22. The fourth-order valence-electron chi connectivity index (χ4n) is 2.11. The lowest BCUT2D eigenvalue weighted by molar-refractivity contribution is 0.0941. The summed E-state index contributed by atoms with van der Waals surface area (Å²) in [5.74, 6) is 1.69. The largest absolute Gasteiger partial charge is 0.493 e. The van der Waals surface area contributed by atoms with Crippen molar-refractivity contribution in [2.45, 2.75) is 20.3 Å². The molecular formula is C16H23N3O4S. The van der Waals surface area contributed by atoms with Crippen molar-refractivity contribution in [1.82, 2.24) is 16.2 Å². The molecule has 0 atom stereocenters. The molecule has 132 valence electrons. The van der Waals surface area contributed by atoms with Gasteiger partial charge in [-0.2, -0.15) is 0 Å². The summed E-state index contributed by atoms with van der Waals surface area (Å²) in [6.45, 7) is 5.90. The minimum Gasteiger partial charge on any atom is -0.493 e. The summed E-state index contributed by atoms with van der Waals surface area (Å²) < 4.78 is 16.3. The van der Waals surface area contributed by atoms with Crippen LogP contribution in [0.4, 0.5) is 0 Å². The summed E-state index contributed by atoms with van der Waals surface area (Å²) in [7, 11) is 1.52. The average Bonchev–Trinajstić information content (AvgIpc) is 2.58. The van der Waals surface area contributed by atoms with Crippen molar-refractivity contribution in [3.05, 3.63) is 17.7 Å². The minimum atomic E-state index is -0.349. The molecule has 0 saturated heterocycles. The maximum absolute atomic E-state index is 12.3. The molecule has 0 fully saturated rings. The van der Waals surface area contributed by atoms with E-state index in [0.717, 1.165) is 13.0 Å². The van der Waals surface area contributed by atoms with Gasteiger partial charge in [-0.05, 0) is 36.7 Å². The Bertz CT molecular complexity index is 590. The van der Waals surface area contributed by atoms with E-state index in [1.54, 1.807) is 12.1 Å². The first-order valence-electron chi connectivity index (χ1n) is 7.83. The number of rotatable bonds is 5. The molecule has 8 heteroatoms. The SMILES string of the molecule is COc1cc(C(=O)NNC(=S)NCCC(C)C)cc2c1OCCO2. The van der Waals surface area contributed by atoms with E-state index in [4.69, 9.17) is 26.4 Å². The molecule has 1 aromatic rings. The van der Waals surface area contributed by atoms with E-state index in [-0.39, 0.29) is 5.91 Å². The van der Waals surface area contributed by atoms with E-state index in [1.807, 2.05) is 0 Å². The molecular weight excluding hydrogens is 330 g/mol. The van der Waals surface area contributed by atoms with Crippen LogP contribution < -0.4 is 30.4 Å². The molecule has 1 aromatic carbocycles. The lowest BCUT2D eigenvalue weighted by Gasteiger charge is -2.21. The first-order chi connectivity index (χ1) is 11.5. The van der Waals surface area contributed by atoms with Crippen molar-refractivity contribution in [2.75, 3.05) is 26.9 Å². The molecule has 0 aliphatic carbocycles. The third kappa shape index (κ3) is 4.89. The molecule has 0 saturated carbocycles. The lowest BCUT2D eigenvalue weighted by Crippen LogP contribution is -2.47. The number of hydrogen-bond donors (Lipinski definition) is 3. The first kappa shape index (κ1) is 18.1. The van der Waals surface area contributed by atoms with Gasteiger partial charge in [0.15, 0.2) is 16.6 Å². The van der Waals surface area contributed by atoms with Crippen LogP contribution in [0.3, 0.4) is 0 Å². The number of methoxy groups -OCH3 is 1. The van der Waals surface area contributed by atoms with E-state index >= 15 is 0 Å². The number of fused-ring (bicyclic) bond motifs is 1. The maximum atomic E-state index is 12.3. The normalized spacial score (nSPS) is 12.5. The summed E-state index contributed by atoms with van der Waals surface area (Å²) in [5.41, 5.74) is 5.61. The van der Waals surface area contributed by atoms with Crippen LogP contribution in [0, 0.1) is 5.92 Å². The summed E-state index contributed by atoms with van der Waals surface area (Å²) in [6, 6.07) is 3.21. The van der Waals surface area contributed by atoms with Gasteiger partial charge in [0, 0.05) is 12.1 Å². The molecule has 1 aliphatic rings. The van der Waals surface area contributed by atoms with Crippen LogP contribution in [0.25, 0.3) is 0 Å². The number of thiocarbonyl (C=S) groups is 1. The summed E-state index contributed by atoms with van der Waals surface area (Å²) in [4.78, 5) is 12.3. The minimum absolute atomic E-state index is 0.349. The predicted octanol–water partition coefficient (Wildman–Crippen LogP) is 1.62. The molecule has 0 spiro atoms. The van der Waals surface area contributed by atoms with Crippen LogP contribution in [-0.2, 0) is 0 Å². The topological polar surface area (TPSA) is 80.9 Å². The van der Waals surface area contributed by atoms with Gasteiger partial charge >= 0.3 is 0 Å². The van der Waals surface area contributed by atoms with Crippen LogP contribution in [0.2, 0.25) is 0 Å². The van der Waals surface area contributed by atoms with E-state index in [1.165, 1.54) is 7.11 Å². The highest BCUT2D eigenvalue weighted by molar-refractivity contribution is 7.80. The van der Waals surface area contributed by atoms with E-state index < -0.39 is 0 Å². The number of hydrazine groups is 1. The van der Waals surface area contributed by atoms with Crippen molar-refractivity contribution in [1.29, 1.82) is 0 Å². The molecule has 0 bridgehead atoms. The van der Waals surface area contributed by atoms with Gasteiger partial charge < -0.3 is 19.5 Å². The predicted molar refractivity (Wildman–Crippen MR) is 94.6 cm³/mol. The highest BCUT2D eigenvalue weighted by Crippen LogP contribution is 2.40. The monoisotopic (exact) mass is 353 g/mol. The zero-order chi connectivity index (χ0) is 17.5. The summed E-state index contributed by atoms with van der Waals surface area (Å²) in [5, 5.41) is 3.40. The van der Waals surface area contributed by atoms with Gasteiger partial charge in [-0.1, -0.05) is 13.8 Å². The Balaban J connectivity index is 1.94. The van der Waals surface area contributed by atoms with Crippen LogP contribution in [0.1, 0.15) is 30.6 Å². The van der Waals surface area contributed by atoms with Gasteiger partial charge in [-0.3, -0.25) is 15.6 Å². The van der Waals surface area contributed by atoms with Gasteiger partial charge in [0.2, 0.25) is 5.75 Å². The van der Waals surface area contributed by atoms with Crippen LogP contribution in [-0.4, -0.2) is 37.9 Å². The second kappa shape index (κ2) is 8.58. The van der Waals surface area contributed by atoms with Crippen molar-refractivity contribution in [3.63, 3.8) is 0 Å². The Kier molecular flexibility index (Phi) is 6.48. The number of ether oxygens (including phenoxy) is 3. The van der Waals surface area contributed by atoms with Crippen LogP contribution in [0.5, 0.6) is 17.2 Å². The third-order valence-electron chi connectivity index (χ3n) is 3.39. The van der Waals surface area contributed by atoms with Crippen molar-refractivity contribution >= 4 is 23.2 Å². The van der Waals surface area contributed by atoms with Crippen molar-refractivity contribution in [2.24, 2.45) is 5.92 Å². The Labute approximate surface area is 147 Å². The van der Waals surface area contributed by atoms with Crippen molar-refractivity contribution < 1.29 is 19.0 Å². The second-order valence-corrected chi connectivity index (χ2v) is 6.13. The molecule has 0 aromatic heterocycles. The molecule has 2 rings (SSSR count). The van der Waals surface area contributed by atoms with E-state index in [9.17, 15) is 4.79 Å². The summed E-state index contributed by atoms with van der Waals surface area (Å²) in [6.07, 6.45) is 0.995. The quantitative estimate of drug-likeness (QED) is 0.548. The molecule has 1 heterocycles. The fraction of sp³-hybridized carbons (Fsp3) is 0.500. The van der Waals surface area contributed by atoms with E-state index in [2.05, 4.69) is 30.0 Å². The molecule has 1 amide bonds. The van der Waals surface area contributed by atoms with Crippen molar-refractivity contribution in [3.8, 4) is 17.2 Å². The number of amides is 1. The molecule has 0 unspecified atom stereocenters. The lowest BCUT2D eigenvalue weighted by atomic mass is 10.1. The number of nitrogens with one attached hydrogen (secondary N) is 3.